The van der Waals surface area contributed by atoms with E-state index in [1.54, 1.807) is 0 Å². The number of unbranched alkanes of at least 4 members (excludes halogenated alkanes) is 1. The molecule has 0 amide bonds. The molecule has 0 aliphatic heterocycles. The maximum atomic E-state index is 8.50. The van der Waals surface area contributed by atoms with Gasteiger partial charge in [0.1, 0.15) is 5.75 Å². The van der Waals surface area contributed by atoms with Gasteiger partial charge < -0.3 is 10.1 Å². The quantitative estimate of drug-likeness (QED) is 0.738. The molecule has 0 atom stereocenters. The van der Waals surface area contributed by atoms with Gasteiger partial charge in [0.25, 0.3) is 0 Å². The van der Waals surface area contributed by atoms with Gasteiger partial charge in [-0.1, -0.05) is 29.8 Å². The lowest BCUT2D eigenvalue weighted by molar-refractivity contribution is 0.308. The van der Waals surface area contributed by atoms with Crippen LogP contribution in [-0.4, -0.2) is 13.2 Å². The highest BCUT2D eigenvalue weighted by Gasteiger charge is 2.05. The minimum Gasteiger partial charge on any atom is -0.493 e. The fourth-order valence-electron chi connectivity index (χ4n) is 1.66. The highest BCUT2D eigenvalue weighted by molar-refractivity contribution is 9.10. The van der Waals surface area contributed by atoms with E-state index in [0.717, 1.165) is 35.3 Å². The summed E-state index contributed by atoms with van der Waals surface area (Å²) in [5.41, 5.74) is 1.15. The summed E-state index contributed by atoms with van der Waals surface area (Å²) >= 11 is 3.48. The van der Waals surface area contributed by atoms with Crippen LogP contribution < -0.4 is 10.1 Å². The number of hydrogen-bond acceptors (Lipinski definition) is 3. The fraction of sp³-hybridized carbons (Fsp3) is 0.533. The van der Waals surface area contributed by atoms with Crippen molar-refractivity contribution in [2.75, 3.05) is 13.2 Å². The smallest absolute Gasteiger partial charge is 0.123 e. The number of rotatable bonds is 8. The summed E-state index contributed by atoms with van der Waals surface area (Å²) in [6.07, 6.45) is 1.31. The lowest BCUT2D eigenvalue weighted by atomic mass is 10.2. The number of nitrogens with zero attached hydrogens (tertiary/aromatic N) is 1. The summed E-state index contributed by atoms with van der Waals surface area (Å²) < 4.78 is 6.79. The van der Waals surface area contributed by atoms with Crippen LogP contribution in [-0.2, 0) is 6.54 Å². The number of hydrogen-bond donors (Lipinski definition) is 1. The summed E-state index contributed by atoms with van der Waals surface area (Å²) in [5, 5.41) is 11.9. The Balaban J connectivity index is 2.56. The van der Waals surface area contributed by atoms with Gasteiger partial charge in [-0.3, -0.25) is 0 Å². The molecule has 3 nitrogen and oxygen atoms in total. The van der Waals surface area contributed by atoms with E-state index in [1.165, 1.54) is 0 Å². The topological polar surface area (TPSA) is 45.0 Å². The van der Waals surface area contributed by atoms with Crippen molar-refractivity contribution in [2.24, 2.45) is 5.92 Å². The number of benzene rings is 1. The first kappa shape index (κ1) is 16.0. The van der Waals surface area contributed by atoms with Crippen LogP contribution in [0.4, 0.5) is 0 Å². The van der Waals surface area contributed by atoms with E-state index in [4.69, 9.17) is 10.00 Å². The van der Waals surface area contributed by atoms with Crippen molar-refractivity contribution in [3.05, 3.63) is 28.2 Å². The molecule has 0 spiro atoms. The molecule has 0 bridgehead atoms. The Morgan fingerprint density at radius 1 is 1.42 bits per heavy atom. The van der Waals surface area contributed by atoms with Crippen LogP contribution in [0.1, 0.15) is 32.3 Å². The first-order valence-corrected chi connectivity index (χ1v) is 7.41. The van der Waals surface area contributed by atoms with E-state index in [1.807, 2.05) is 12.1 Å². The molecule has 0 aliphatic rings. The maximum absolute atomic E-state index is 8.50. The molecular weight excluding hydrogens is 304 g/mol. The van der Waals surface area contributed by atoms with Crippen molar-refractivity contribution in [3.8, 4) is 11.8 Å². The zero-order valence-corrected chi connectivity index (χ0v) is 13.2. The molecule has 0 unspecified atom stereocenters. The molecule has 1 N–H and O–H groups in total. The van der Waals surface area contributed by atoms with Crippen LogP contribution >= 0.6 is 15.9 Å². The fourth-order valence-corrected chi connectivity index (χ4v) is 2.06. The van der Waals surface area contributed by atoms with E-state index in [2.05, 4.69) is 47.2 Å². The van der Waals surface area contributed by atoms with Gasteiger partial charge in [-0.15, -0.1) is 0 Å². The van der Waals surface area contributed by atoms with Gasteiger partial charge in [0.15, 0.2) is 0 Å². The molecule has 0 aliphatic carbocycles. The van der Waals surface area contributed by atoms with Crippen LogP contribution in [0.3, 0.4) is 0 Å². The van der Waals surface area contributed by atoms with Gasteiger partial charge in [0, 0.05) is 23.0 Å². The van der Waals surface area contributed by atoms with Crippen molar-refractivity contribution in [3.63, 3.8) is 0 Å². The van der Waals surface area contributed by atoms with Crippen LogP contribution in [0.2, 0.25) is 0 Å². The molecular formula is C15H21BrN2O. The monoisotopic (exact) mass is 324 g/mol. The van der Waals surface area contributed by atoms with Crippen LogP contribution in [0.15, 0.2) is 22.7 Å². The van der Waals surface area contributed by atoms with Crippen LogP contribution in [0.5, 0.6) is 5.75 Å². The van der Waals surface area contributed by atoms with Gasteiger partial charge in [-0.25, -0.2) is 0 Å². The molecule has 0 saturated carbocycles. The first-order valence-electron chi connectivity index (χ1n) is 6.62. The molecule has 104 valence electrons. The lowest BCUT2D eigenvalue weighted by Crippen LogP contribution is -2.19. The molecule has 0 radical (unpaired) electrons. The molecule has 1 aromatic carbocycles. The van der Waals surface area contributed by atoms with Gasteiger partial charge in [0.05, 0.1) is 12.7 Å². The minimum absolute atomic E-state index is 0.539. The molecule has 1 aromatic rings. The van der Waals surface area contributed by atoms with Crippen molar-refractivity contribution in [2.45, 2.75) is 33.2 Å². The van der Waals surface area contributed by atoms with E-state index in [9.17, 15) is 0 Å². The zero-order valence-electron chi connectivity index (χ0n) is 11.6. The summed E-state index contributed by atoms with van der Waals surface area (Å²) in [4.78, 5) is 0. The zero-order chi connectivity index (χ0) is 14.1. The summed E-state index contributed by atoms with van der Waals surface area (Å²) in [5.74, 6) is 1.53. The normalized spacial score (nSPS) is 10.5. The molecule has 4 heteroatoms. The standard InChI is InChI=1S/C15H21BrN2O/c1-12(2)10-18-11-13-9-14(16)5-6-15(13)19-8-4-3-7-17/h5-6,9,12,18H,3-4,8,10-11H2,1-2H3. The van der Waals surface area contributed by atoms with E-state index in [-0.39, 0.29) is 0 Å². The second-order valence-electron chi connectivity index (χ2n) is 4.89. The third-order valence-electron chi connectivity index (χ3n) is 2.58. The summed E-state index contributed by atoms with van der Waals surface area (Å²) in [7, 11) is 0. The Labute approximate surface area is 124 Å². The Morgan fingerprint density at radius 3 is 2.89 bits per heavy atom. The number of nitriles is 1. The second kappa shape index (κ2) is 8.95. The number of nitrogens with one attached hydrogen (secondary N) is 1. The molecule has 0 fully saturated rings. The van der Waals surface area contributed by atoms with Gasteiger partial charge in [-0.2, -0.15) is 5.26 Å². The Morgan fingerprint density at radius 2 is 2.21 bits per heavy atom. The SMILES string of the molecule is CC(C)CNCc1cc(Br)ccc1OCCCC#N. The van der Waals surface area contributed by atoms with Crippen molar-refractivity contribution < 1.29 is 4.74 Å². The lowest BCUT2D eigenvalue weighted by Gasteiger charge is -2.13. The van der Waals surface area contributed by atoms with Gasteiger partial charge >= 0.3 is 0 Å². The summed E-state index contributed by atoms with van der Waals surface area (Å²) in [6.45, 7) is 6.75. The van der Waals surface area contributed by atoms with E-state index < -0.39 is 0 Å². The predicted molar refractivity (Wildman–Crippen MR) is 81.0 cm³/mol. The predicted octanol–water partition coefficient (Wildman–Crippen LogP) is 3.88. The van der Waals surface area contributed by atoms with Crippen LogP contribution in [0, 0.1) is 17.2 Å². The first-order chi connectivity index (χ1) is 9.13. The Bertz CT molecular complexity index is 427. The highest BCUT2D eigenvalue weighted by atomic mass is 79.9. The van der Waals surface area contributed by atoms with E-state index in [0.29, 0.717) is 18.9 Å². The average molecular weight is 325 g/mol. The largest absolute Gasteiger partial charge is 0.493 e. The molecule has 1 rings (SSSR count). The van der Waals surface area contributed by atoms with Crippen molar-refractivity contribution >= 4 is 15.9 Å². The Kier molecular flexibility index (Phi) is 7.54. The molecule has 19 heavy (non-hydrogen) atoms. The van der Waals surface area contributed by atoms with Gasteiger partial charge in [0.2, 0.25) is 0 Å². The maximum Gasteiger partial charge on any atom is 0.123 e. The Hall–Kier alpha value is -1.05. The average Bonchev–Trinajstić information content (AvgIpc) is 2.36. The number of ether oxygens (including phenoxy) is 1. The third-order valence-corrected chi connectivity index (χ3v) is 3.07. The van der Waals surface area contributed by atoms with Crippen molar-refractivity contribution in [1.29, 1.82) is 5.26 Å². The molecule has 0 saturated heterocycles. The molecule has 0 aromatic heterocycles. The van der Waals surface area contributed by atoms with E-state index >= 15 is 0 Å². The van der Waals surface area contributed by atoms with Crippen LogP contribution in [0.25, 0.3) is 0 Å². The third kappa shape index (κ3) is 6.60. The van der Waals surface area contributed by atoms with Gasteiger partial charge in [-0.05, 0) is 37.1 Å². The minimum atomic E-state index is 0.539. The molecule has 0 heterocycles. The van der Waals surface area contributed by atoms with Crippen molar-refractivity contribution in [1.82, 2.24) is 5.32 Å². The highest BCUT2D eigenvalue weighted by Crippen LogP contribution is 2.23. The second-order valence-corrected chi connectivity index (χ2v) is 5.80. The number of halogens is 1. The summed E-state index contributed by atoms with van der Waals surface area (Å²) in [6, 6.07) is 8.15.